The molecule has 3 aromatic carbocycles. The van der Waals surface area contributed by atoms with Gasteiger partial charge >= 0.3 is 0 Å². The van der Waals surface area contributed by atoms with E-state index < -0.39 is 10.0 Å². The third kappa shape index (κ3) is 6.22. The van der Waals surface area contributed by atoms with Crippen LogP contribution in [0.25, 0.3) is 0 Å². The van der Waals surface area contributed by atoms with Gasteiger partial charge in [0.1, 0.15) is 5.82 Å². The van der Waals surface area contributed by atoms with E-state index in [1.807, 2.05) is 29.2 Å². The molecule has 184 valence electrons. The normalized spacial score (nSPS) is 14.4. The Morgan fingerprint density at radius 1 is 0.943 bits per heavy atom. The van der Waals surface area contributed by atoms with Gasteiger partial charge in [-0.3, -0.25) is 4.79 Å². The van der Waals surface area contributed by atoms with Crippen molar-refractivity contribution in [1.82, 2.24) is 9.21 Å². The highest BCUT2D eigenvalue weighted by atomic mass is 79.9. The van der Waals surface area contributed by atoms with Gasteiger partial charge in [-0.1, -0.05) is 51.8 Å². The molecule has 1 aliphatic heterocycles. The van der Waals surface area contributed by atoms with Crippen LogP contribution < -0.4 is 4.90 Å². The summed E-state index contributed by atoms with van der Waals surface area (Å²) < 4.78 is 43.1. The lowest BCUT2D eigenvalue weighted by Crippen LogP contribution is -2.52. The number of hydrogen-bond acceptors (Lipinski definition) is 4. The maximum absolute atomic E-state index is 14.1. The first-order valence-electron chi connectivity index (χ1n) is 11.0. The van der Waals surface area contributed by atoms with Gasteiger partial charge in [-0.2, -0.15) is 4.31 Å². The zero-order valence-corrected chi connectivity index (χ0v) is 21.9. The molecule has 1 aliphatic rings. The highest BCUT2D eigenvalue weighted by Gasteiger charge is 2.30. The molecule has 1 saturated heterocycles. The van der Waals surface area contributed by atoms with Gasteiger partial charge in [0.05, 0.1) is 17.1 Å². The number of benzene rings is 3. The van der Waals surface area contributed by atoms with Crippen molar-refractivity contribution >= 4 is 49.1 Å². The van der Waals surface area contributed by atoms with Crippen LogP contribution >= 0.6 is 27.5 Å². The second-order valence-corrected chi connectivity index (χ2v) is 11.5. The smallest absolute Gasteiger partial charge is 0.243 e. The predicted molar refractivity (Wildman–Crippen MR) is 138 cm³/mol. The van der Waals surface area contributed by atoms with Crippen molar-refractivity contribution in [2.45, 2.75) is 11.4 Å². The average Bonchev–Trinajstić information content (AvgIpc) is 2.85. The Labute approximate surface area is 218 Å². The standard InChI is InChI=1S/C25H24BrClFN3O3S/c26-20-7-5-19(6-8-20)17-31(35(33,34)22-11-9-21(27)10-12-22)18-25(32)30-15-13-29(14-16-30)24-4-2-1-3-23(24)28/h1-12H,13-18H2. The molecular formula is C25H24BrClFN3O3S. The van der Waals surface area contributed by atoms with E-state index in [1.165, 1.54) is 34.6 Å². The first-order chi connectivity index (χ1) is 16.7. The fraction of sp³-hybridized carbons (Fsp3) is 0.240. The molecule has 0 atom stereocenters. The van der Waals surface area contributed by atoms with Crippen molar-refractivity contribution in [2.24, 2.45) is 0 Å². The maximum atomic E-state index is 14.1. The quantitative estimate of drug-likeness (QED) is 0.404. The summed E-state index contributed by atoms with van der Waals surface area (Å²) in [6, 6.07) is 19.7. The number of sulfonamides is 1. The Bertz CT molecular complexity index is 1280. The predicted octanol–water partition coefficient (Wildman–Crippen LogP) is 4.78. The zero-order valence-electron chi connectivity index (χ0n) is 18.8. The number of para-hydroxylation sites is 1. The summed E-state index contributed by atoms with van der Waals surface area (Å²) in [7, 11) is -3.96. The van der Waals surface area contributed by atoms with Crippen molar-refractivity contribution in [2.75, 3.05) is 37.6 Å². The second kappa shape index (κ2) is 11.1. The largest absolute Gasteiger partial charge is 0.366 e. The van der Waals surface area contributed by atoms with Gasteiger partial charge in [-0.25, -0.2) is 12.8 Å². The van der Waals surface area contributed by atoms with Gasteiger partial charge in [0, 0.05) is 42.2 Å². The van der Waals surface area contributed by atoms with Crippen molar-refractivity contribution < 1.29 is 17.6 Å². The SMILES string of the molecule is O=C(CN(Cc1ccc(Br)cc1)S(=O)(=O)c1ccc(Cl)cc1)N1CCN(c2ccccc2F)CC1. The number of amides is 1. The highest BCUT2D eigenvalue weighted by molar-refractivity contribution is 9.10. The third-order valence-electron chi connectivity index (χ3n) is 5.86. The molecule has 35 heavy (non-hydrogen) atoms. The van der Waals surface area contributed by atoms with Crippen LogP contribution in [-0.4, -0.2) is 56.3 Å². The van der Waals surface area contributed by atoms with Gasteiger partial charge < -0.3 is 9.80 Å². The van der Waals surface area contributed by atoms with E-state index >= 15 is 0 Å². The maximum Gasteiger partial charge on any atom is 0.243 e. The molecule has 0 N–H and O–H groups in total. The Hall–Kier alpha value is -2.46. The van der Waals surface area contributed by atoms with E-state index in [0.717, 1.165) is 10.0 Å². The average molecular weight is 581 g/mol. The lowest BCUT2D eigenvalue weighted by Gasteiger charge is -2.37. The minimum absolute atomic E-state index is 0.0408. The topological polar surface area (TPSA) is 60.9 Å². The number of carbonyl (C=O) groups excluding carboxylic acids is 1. The molecule has 10 heteroatoms. The Balaban J connectivity index is 1.50. The molecule has 0 radical (unpaired) electrons. The molecule has 0 saturated carbocycles. The summed E-state index contributed by atoms with van der Waals surface area (Å²) in [5, 5.41) is 0.423. The number of hydrogen-bond donors (Lipinski definition) is 0. The zero-order chi connectivity index (χ0) is 25.0. The monoisotopic (exact) mass is 579 g/mol. The van der Waals surface area contributed by atoms with E-state index in [4.69, 9.17) is 11.6 Å². The summed E-state index contributed by atoms with van der Waals surface area (Å²) in [4.78, 5) is 16.8. The minimum Gasteiger partial charge on any atom is -0.366 e. The lowest BCUT2D eigenvalue weighted by atomic mass is 10.2. The molecule has 0 bridgehead atoms. The van der Waals surface area contributed by atoms with Crippen LogP contribution in [0.5, 0.6) is 0 Å². The van der Waals surface area contributed by atoms with Crippen LogP contribution in [0.4, 0.5) is 10.1 Å². The Morgan fingerprint density at radius 2 is 1.57 bits per heavy atom. The van der Waals surface area contributed by atoms with E-state index in [2.05, 4.69) is 15.9 Å². The van der Waals surface area contributed by atoms with E-state index in [1.54, 1.807) is 23.1 Å². The first-order valence-corrected chi connectivity index (χ1v) is 13.6. The second-order valence-electron chi connectivity index (χ2n) is 8.17. The molecule has 0 aliphatic carbocycles. The number of halogens is 3. The summed E-state index contributed by atoms with van der Waals surface area (Å²) in [6.07, 6.45) is 0. The van der Waals surface area contributed by atoms with Crippen molar-refractivity contribution in [3.63, 3.8) is 0 Å². The fourth-order valence-corrected chi connectivity index (χ4v) is 5.70. The molecule has 1 fully saturated rings. The summed E-state index contributed by atoms with van der Waals surface area (Å²) >= 11 is 9.32. The molecule has 0 aromatic heterocycles. The van der Waals surface area contributed by atoms with E-state index in [-0.39, 0.29) is 29.7 Å². The van der Waals surface area contributed by atoms with Crippen LogP contribution in [0.3, 0.4) is 0 Å². The highest BCUT2D eigenvalue weighted by Crippen LogP contribution is 2.23. The van der Waals surface area contributed by atoms with Gasteiger partial charge in [0.15, 0.2) is 0 Å². The molecule has 1 amide bonds. The van der Waals surface area contributed by atoms with Gasteiger partial charge in [-0.05, 0) is 54.1 Å². The van der Waals surface area contributed by atoms with Gasteiger partial charge in [0.2, 0.25) is 15.9 Å². The van der Waals surface area contributed by atoms with Crippen LogP contribution in [0.2, 0.25) is 5.02 Å². The molecule has 1 heterocycles. The van der Waals surface area contributed by atoms with Crippen LogP contribution in [0.1, 0.15) is 5.56 Å². The van der Waals surface area contributed by atoms with E-state index in [0.29, 0.717) is 36.9 Å². The number of piperazine rings is 1. The Kier molecular flexibility index (Phi) is 8.11. The first kappa shape index (κ1) is 25.6. The Morgan fingerprint density at radius 3 is 2.20 bits per heavy atom. The molecule has 0 unspecified atom stereocenters. The van der Waals surface area contributed by atoms with Crippen molar-refractivity contribution in [3.05, 3.63) is 93.7 Å². The number of rotatable bonds is 7. The van der Waals surface area contributed by atoms with Gasteiger partial charge in [-0.15, -0.1) is 0 Å². The molecule has 4 rings (SSSR count). The minimum atomic E-state index is -3.96. The molecule has 6 nitrogen and oxygen atoms in total. The van der Waals surface area contributed by atoms with Gasteiger partial charge in [0.25, 0.3) is 0 Å². The summed E-state index contributed by atoms with van der Waals surface area (Å²) in [5.41, 5.74) is 1.25. The fourth-order valence-electron chi connectivity index (χ4n) is 3.93. The third-order valence-corrected chi connectivity index (χ3v) is 8.45. The van der Waals surface area contributed by atoms with Crippen LogP contribution in [0.15, 0.2) is 82.2 Å². The lowest BCUT2D eigenvalue weighted by molar-refractivity contribution is -0.131. The number of nitrogens with zero attached hydrogens (tertiary/aromatic N) is 3. The molecule has 0 spiro atoms. The molecule has 3 aromatic rings. The summed E-state index contributed by atoms with van der Waals surface area (Å²) in [5.74, 6) is -0.602. The number of carbonyl (C=O) groups is 1. The van der Waals surface area contributed by atoms with E-state index in [9.17, 15) is 17.6 Å². The van der Waals surface area contributed by atoms with Crippen LogP contribution in [-0.2, 0) is 21.4 Å². The van der Waals surface area contributed by atoms with Crippen molar-refractivity contribution in [3.8, 4) is 0 Å². The molecular weight excluding hydrogens is 557 g/mol. The summed E-state index contributed by atoms with van der Waals surface area (Å²) in [6.45, 7) is 1.41. The number of anilines is 1. The van der Waals surface area contributed by atoms with Crippen LogP contribution in [0, 0.1) is 5.82 Å². The van der Waals surface area contributed by atoms with Crippen molar-refractivity contribution in [1.29, 1.82) is 0 Å².